The smallest absolute Gasteiger partial charge is 0.148 e. The first-order valence-corrected chi connectivity index (χ1v) is 6.61. The van der Waals surface area contributed by atoms with E-state index < -0.39 is 9.84 Å². The molecule has 0 amide bonds. The van der Waals surface area contributed by atoms with E-state index in [4.69, 9.17) is 0 Å². The van der Waals surface area contributed by atoms with Gasteiger partial charge in [-0.15, -0.1) is 0 Å². The Morgan fingerprint density at radius 3 is 2.62 bits per heavy atom. The molecule has 0 aromatic carbocycles. The van der Waals surface area contributed by atoms with Crippen LogP contribution in [0.2, 0.25) is 0 Å². The molecule has 4 nitrogen and oxygen atoms in total. The van der Waals surface area contributed by atoms with Crippen molar-refractivity contribution in [3.05, 3.63) is 0 Å². The maximum Gasteiger partial charge on any atom is 0.148 e. The van der Waals surface area contributed by atoms with Crippen molar-refractivity contribution in [1.82, 2.24) is 5.32 Å². The lowest BCUT2D eigenvalue weighted by atomic mass is 10.2. The molecule has 78 valence electrons. The zero-order chi connectivity index (χ0) is 9.90. The summed E-state index contributed by atoms with van der Waals surface area (Å²) in [7, 11) is -2.87. The third kappa shape index (κ3) is 5.23. The van der Waals surface area contributed by atoms with Crippen molar-refractivity contribution in [3.8, 4) is 0 Å². The molecule has 5 heteroatoms. The quantitative estimate of drug-likeness (QED) is 0.570. The molecule has 1 rings (SSSR count). The fourth-order valence-electron chi connectivity index (χ4n) is 1.16. The van der Waals surface area contributed by atoms with Crippen molar-refractivity contribution in [2.75, 3.05) is 25.1 Å². The van der Waals surface area contributed by atoms with Crippen molar-refractivity contribution in [2.45, 2.75) is 18.9 Å². The van der Waals surface area contributed by atoms with Crippen molar-refractivity contribution in [3.63, 3.8) is 0 Å². The summed E-state index contributed by atoms with van der Waals surface area (Å²) < 4.78 is 21.4. The van der Waals surface area contributed by atoms with Gasteiger partial charge in [-0.05, 0) is 18.8 Å². The second-order valence-electron chi connectivity index (χ2n) is 3.74. The van der Waals surface area contributed by atoms with E-state index in [0.29, 0.717) is 19.0 Å². The SMILES string of the molecule is CS(=O)(=O)CCNCC(O)C1CC1. The van der Waals surface area contributed by atoms with E-state index in [9.17, 15) is 13.5 Å². The maximum atomic E-state index is 10.7. The van der Waals surface area contributed by atoms with E-state index in [-0.39, 0.29) is 11.9 Å². The highest BCUT2D eigenvalue weighted by molar-refractivity contribution is 7.90. The summed E-state index contributed by atoms with van der Waals surface area (Å²) >= 11 is 0. The molecule has 1 unspecified atom stereocenters. The normalized spacial score (nSPS) is 20.2. The Bertz CT molecular complexity index is 246. The van der Waals surface area contributed by atoms with E-state index in [1.165, 1.54) is 6.26 Å². The Hall–Kier alpha value is -0.130. The topological polar surface area (TPSA) is 66.4 Å². The van der Waals surface area contributed by atoms with E-state index in [2.05, 4.69) is 5.32 Å². The Morgan fingerprint density at radius 2 is 2.15 bits per heavy atom. The van der Waals surface area contributed by atoms with Crippen LogP contribution >= 0.6 is 0 Å². The lowest BCUT2D eigenvalue weighted by molar-refractivity contribution is 0.149. The van der Waals surface area contributed by atoms with E-state index in [1.807, 2.05) is 0 Å². The highest BCUT2D eigenvalue weighted by Crippen LogP contribution is 2.32. The molecular weight excluding hydrogens is 190 g/mol. The van der Waals surface area contributed by atoms with Gasteiger partial charge < -0.3 is 10.4 Å². The summed E-state index contributed by atoms with van der Waals surface area (Å²) in [4.78, 5) is 0. The molecule has 0 heterocycles. The molecule has 1 atom stereocenters. The highest BCUT2D eigenvalue weighted by Gasteiger charge is 2.28. The molecule has 0 aromatic heterocycles. The van der Waals surface area contributed by atoms with Crippen molar-refractivity contribution in [2.24, 2.45) is 5.92 Å². The van der Waals surface area contributed by atoms with Gasteiger partial charge in [0.05, 0.1) is 11.9 Å². The first-order chi connectivity index (χ1) is 5.99. The van der Waals surface area contributed by atoms with Crippen LogP contribution in [0.5, 0.6) is 0 Å². The van der Waals surface area contributed by atoms with Gasteiger partial charge in [-0.2, -0.15) is 0 Å². The third-order valence-electron chi connectivity index (χ3n) is 2.17. The molecule has 0 bridgehead atoms. The first-order valence-electron chi connectivity index (χ1n) is 4.55. The molecule has 0 radical (unpaired) electrons. The van der Waals surface area contributed by atoms with Crippen molar-refractivity contribution < 1.29 is 13.5 Å². The van der Waals surface area contributed by atoms with Crippen molar-refractivity contribution in [1.29, 1.82) is 0 Å². The monoisotopic (exact) mass is 207 g/mol. The predicted molar refractivity (Wildman–Crippen MR) is 51.3 cm³/mol. The van der Waals surface area contributed by atoms with E-state index in [0.717, 1.165) is 12.8 Å². The van der Waals surface area contributed by atoms with Crippen LogP contribution in [-0.2, 0) is 9.84 Å². The van der Waals surface area contributed by atoms with Crippen LogP contribution in [0.25, 0.3) is 0 Å². The molecule has 0 saturated heterocycles. The molecule has 13 heavy (non-hydrogen) atoms. The fraction of sp³-hybridized carbons (Fsp3) is 1.00. The molecule has 2 N–H and O–H groups in total. The van der Waals surface area contributed by atoms with Gasteiger partial charge in [-0.3, -0.25) is 0 Å². The minimum absolute atomic E-state index is 0.143. The van der Waals surface area contributed by atoms with Crippen molar-refractivity contribution >= 4 is 9.84 Å². The van der Waals surface area contributed by atoms with Crippen LogP contribution in [0.15, 0.2) is 0 Å². The largest absolute Gasteiger partial charge is 0.392 e. The predicted octanol–water partition coefficient (Wildman–Crippen LogP) is -0.608. The number of aliphatic hydroxyl groups excluding tert-OH is 1. The molecule has 1 saturated carbocycles. The van der Waals surface area contributed by atoms with Gasteiger partial charge in [-0.1, -0.05) is 0 Å². The van der Waals surface area contributed by atoms with Crippen LogP contribution in [0.3, 0.4) is 0 Å². The number of aliphatic hydroxyl groups is 1. The molecule has 0 spiro atoms. The highest BCUT2D eigenvalue weighted by atomic mass is 32.2. The fourth-order valence-corrected chi connectivity index (χ4v) is 1.67. The Balaban J connectivity index is 2.00. The average Bonchev–Trinajstić information content (AvgIpc) is 2.77. The van der Waals surface area contributed by atoms with Crippen LogP contribution < -0.4 is 5.32 Å². The van der Waals surface area contributed by atoms with Crippen LogP contribution in [0.4, 0.5) is 0 Å². The summed E-state index contributed by atoms with van der Waals surface area (Å²) in [6.07, 6.45) is 3.13. The summed E-state index contributed by atoms with van der Waals surface area (Å²) in [5.74, 6) is 0.593. The van der Waals surface area contributed by atoms with Gasteiger partial charge in [0.15, 0.2) is 0 Å². The van der Waals surface area contributed by atoms with E-state index >= 15 is 0 Å². The van der Waals surface area contributed by atoms with Gasteiger partial charge in [0.1, 0.15) is 9.84 Å². The number of rotatable bonds is 6. The maximum absolute atomic E-state index is 10.7. The van der Waals surface area contributed by atoms with Crippen LogP contribution in [-0.4, -0.2) is 44.7 Å². The first kappa shape index (κ1) is 10.9. The summed E-state index contributed by atoms with van der Waals surface area (Å²) in [6.45, 7) is 0.947. The van der Waals surface area contributed by atoms with Crippen LogP contribution in [0.1, 0.15) is 12.8 Å². The lowest BCUT2D eigenvalue weighted by Crippen LogP contribution is -2.31. The summed E-state index contributed by atoms with van der Waals surface area (Å²) in [5, 5.41) is 12.3. The van der Waals surface area contributed by atoms with E-state index in [1.54, 1.807) is 0 Å². The van der Waals surface area contributed by atoms with Gasteiger partial charge in [0, 0.05) is 19.3 Å². The zero-order valence-corrected chi connectivity index (χ0v) is 8.68. The minimum atomic E-state index is -2.87. The third-order valence-corrected chi connectivity index (χ3v) is 3.11. The number of hydrogen-bond acceptors (Lipinski definition) is 4. The molecule has 0 aliphatic heterocycles. The number of hydrogen-bond donors (Lipinski definition) is 2. The summed E-state index contributed by atoms with van der Waals surface area (Å²) in [5.41, 5.74) is 0. The standard InChI is InChI=1S/C8H17NO3S/c1-13(11,12)5-4-9-6-8(10)7-2-3-7/h7-10H,2-6H2,1H3. The van der Waals surface area contributed by atoms with Gasteiger partial charge in [0.2, 0.25) is 0 Å². The Kier molecular flexibility index (Phi) is 3.70. The number of nitrogens with one attached hydrogen (secondary N) is 1. The lowest BCUT2D eigenvalue weighted by Gasteiger charge is -2.09. The Labute approximate surface area is 79.3 Å². The molecule has 1 aliphatic rings. The second kappa shape index (κ2) is 4.39. The van der Waals surface area contributed by atoms with Gasteiger partial charge in [0.25, 0.3) is 0 Å². The van der Waals surface area contributed by atoms with Gasteiger partial charge >= 0.3 is 0 Å². The molecular formula is C8H17NO3S. The molecule has 0 aromatic rings. The zero-order valence-electron chi connectivity index (χ0n) is 7.86. The number of sulfone groups is 1. The van der Waals surface area contributed by atoms with Gasteiger partial charge in [-0.25, -0.2) is 8.42 Å². The minimum Gasteiger partial charge on any atom is -0.392 e. The average molecular weight is 207 g/mol. The molecule has 1 aliphatic carbocycles. The van der Waals surface area contributed by atoms with Crippen LogP contribution in [0, 0.1) is 5.92 Å². The second-order valence-corrected chi connectivity index (χ2v) is 6.00. The molecule has 1 fully saturated rings. The Morgan fingerprint density at radius 1 is 1.54 bits per heavy atom. The summed E-state index contributed by atoms with van der Waals surface area (Å²) in [6, 6.07) is 0.